The van der Waals surface area contributed by atoms with Crippen molar-refractivity contribution in [1.29, 1.82) is 0 Å². The number of aliphatic hydroxyl groups is 1. The molecule has 0 aromatic heterocycles. The molecule has 0 aromatic rings. The maximum absolute atomic E-state index is 10.0. The summed E-state index contributed by atoms with van der Waals surface area (Å²) >= 11 is 2.01. The zero-order valence-electron chi connectivity index (χ0n) is 3.75. The Morgan fingerprint density at radius 2 is 2.43 bits per heavy atom. The minimum atomic E-state index is -1.03. The third-order valence-electron chi connectivity index (χ3n) is 0.423. The van der Waals surface area contributed by atoms with Crippen LogP contribution in [-0.2, 0) is 8.61 Å². The summed E-state index contributed by atoms with van der Waals surface area (Å²) in [4.78, 5) is 10.0. The third-order valence-corrected chi connectivity index (χ3v) is 0.768. The molecule has 1 N–H and O–H groups in total. The summed E-state index contributed by atoms with van der Waals surface area (Å²) in [6.45, 7) is 1.33. The number of hydrogen-bond acceptors (Lipinski definition) is 3. The van der Waals surface area contributed by atoms with Gasteiger partial charge in [0.05, 0.1) is 0 Å². The molecule has 0 saturated carbocycles. The Hall–Kier alpha value is -0.0505. The summed E-state index contributed by atoms with van der Waals surface area (Å²) in [5.41, 5.74) is 0. The van der Waals surface area contributed by atoms with Gasteiger partial charge in [-0.2, -0.15) is 0 Å². The molecule has 0 saturated heterocycles. The Morgan fingerprint density at radius 3 is 2.43 bits per heavy atom. The van der Waals surface area contributed by atoms with Crippen LogP contribution >= 0.6 is 0 Å². The first kappa shape index (κ1) is 6.95. The molecule has 0 heterocycles. The fourth-order valence-corrected chi connectivity index (χ4v) is 0.362. The molecule has 0 spiro atoms. The molecule has 0 fully saturated rings. The molecule has 0 rings (SSSR count). The molecular formula is C3H5O3Se. The standard InChI is InChI=1S/C3H5O3Se/c1-2(4)3(5)6-7/h2,4H,1H3. The van der Waals surface area contributed by atoms with Gasteiger partial charge in [-0.1, -0.05) is 0 Å². The Morgan fingerprint density at radius 1 is 2.00 bits per heavy atom. The van der Waals surface area contributed by atoms with Crippen molar-refractivity contribution in [1.82, 2.24) is 0 Å². The van der Waals surface area contributed by atoms with Crippen LogP contribution in [0.15, 0.2) is 0 Å². The van der Waals surface area contributed by atoms with Crippen LogP contribution in [0, 0.1) is 0 Å². The summed E-state index contributed by atoms with van der Waals surface area (Å²) in [5, 5.41) is 8.33. The topological polar surface area (TPSA) is 46.5 Å². The van der Waals surface area contributed by atoms with Gasteiger partial charge < -0.3 is 0 Å². The molecule has 0 bridgehead atoms. The van der Waals surface area contributed by atoms with Crippen molar-refractivity contribution in [3.05, 3.63) is 0 Å². The van der Waals surface area contributed by atoms with Crippen molar-refractivity contribution in [2.45, 2.75) is 13.0 Å². The summed E-state index contributed by atoms with van der Waals surface area (Å²) in [5.74, 6) is -0.653. The third kappa shape index (κ3) is 2.62. The van der Waals surface area contributed by atoms with Gasteiger partial charge in [0.25, 0.3) is 0 Å². The average Bonchev–Trinajstić information content (AvgIpc) is 1.65. The van der Waals surface area contributed by atoms with Crippen LogP contribution < -0.4 is 0 Å². The molecule has 1 radical (unpaired) electrons. The van der Waals surface area contributed by atoms with Crippen molar-refractivity contribution in [3.8, 4) is 0 Å². The van der Waals surface area contributed by atoms with Crippen LogP contribution in [0.5, 0.6) is 0 Å². The van der Waals surface area contributed by atoms with Crippen LogP contribution in [0.1, 0.15) is 6.92 Å². The molecule has 7 heavy (non-hydrogen) atoms. The van der Waals surface area contributed by atoms with E-state index in [2.05, 4.69) is 3.82 Å². The minimum absolute atomic E-state index is 0.653. The van der Waals surface area contributed by atoms with Crippen molar-refractivity contribution in [2.75, 3.05) is 0 Å². The maximum atomic E-state index is 10.0. The Balaban J connectivity index is 3.35. The Kier molecular flexibility index (Phi) is 3.00. The van der Waals surface area contributed by atoms with E-state index in [9.17, 15) is 4.79 Å². The van der Waals surface area contributed by atoms with Gasteiger partial charge in [0, 0.05) is 0 Å². The molecule has 0 aliphatic rings. The molecule has 3 nitrogen and oxygen atoms in total. The van der Waals surface area contributed by atoms with Crippen LogP contribution in [0.25, 0.3) is 0 Å². The zero-order valence-corrected chi connectivity index (χ0v) is 5.46. The monoisotopic (exact) mass is 169 g/mol. The van der Waals surface area contributed by atoms with Crippen LogP contribution in [0.2, 0.25) is 0 Å². The fourth-order valence-electron chi connectivity index (χ4n) is 0.0696. The summed E-state index contributed by atoms with van der Waals surface area (Å²) in [7, 11) is 0. The van der Waals surface area contributed by atoms with E-state index >= 15 is 0 Å². The van der Waals surface area contributed by atoms with E-state index in [1.807, 2.05) is 16.3 Å². The van der Waals surface area contributed by atoms with Gasteiger partial charge in [0.2, 0.25) is 0 Å². The predicted molar refractivity (Wildman–Crippen MR) is 23.5 cm³/mol. The summed E-state index contributed by atoms with van der Waals surface area (Å²) < 4.78 is 4.00. The van der Waals surface area contributed by atoms with Crippen LogP contribution in [-0.4, -0.2) is 33.5 Å². The van der Waals surface area contributed by atoms with E-state index in [0.29, 0.717) is 0 Å². The molecule has 1 atom stereocenters. The van der Waals surface area contributed by atoms with Gasteiger partial charge in [-0.05, 0) is 0 Å². The molecule has 0 aliphatic heterocycles. The van der Waals surface area contributed by atoms with Gasteiger partial charge in [-0.15, -0.1) is 0 Å². The van der Waals surface area contributed by atoms with Gasteiger partial charge in [-0.25, -0.2) is 0 Å². The number of carbonyl (C=O) groups excluding carboxylic acids is 1. The zero-order chi connectivity index (χ0) is 5.86. The summed E-state index contributed by atoms with van der Waals surface area (Å²) in [6, 6.07) is 0. The van der Waals surface area contributed by atoms with E-state index in [-0.39, 0.29) is 0 Å². The number of aliphatic hydroxyl groups excluding tert-OH is 1. The molecule has 0 amide bonds. The molecular weight excluding hydrogens is 163 g/mol. The van der Waals surface area contributed by atoms with Crippen molar-refractivity contribution in [2.24, 2.45) is 0 Å². The number of hydrogen-bond donors (Lipinski definition) is 1. The molecule has 4 heteroatoms. The quantitative estimate of drug-likeness (QED) is 0.510. The fraction of sp³-hybridized carbons (Fsp3) is 0.667. The first-order valence-corrected chi connectivity index (χ1v) is 2.40. The van der Waals surface area contributed by atoms with E-state index in [4.69, 9.17) is 5.11 Å². The Bertz CT molecular complexity index is 70.6. The van der Waals surface area contributed by atoms with E-state index < -0.39 is 12.1 Å². The second-order valence-corrected chi connectivity index (χ2v) is 1.43. The number of rotatable bonds is 1. The first-order chi connectivity index (χ1) is 3.18. The predicted octanol–water partition coefficient (Wildman–Crippen LogP) is -1.01. The van der Waals surface area contributed by atoms with Crippen molar-refractivity contribution < 1.29 is 13.7 Å². The Labute approximate surface area is 49.8 Å². The SMILES string of the molecule is CC(O)C(=O)O[Se]. The molecule has 0 aromatic carbocycles. The molecule has 1 unspecified atom stereocenters. The molecule has 41 valence electrons. The van der Waals surface area contributed by atoms with E-state index in [1.54, 1.807) is 0 Å². The van der Waals surface area contributed by atoms with E-state index in [1.165, 1.54) is 6.92 Å². The van der Waals surface area contributed by atoms with Crippen LogP contribution in [0.3, 0.4) is 0 Å². The second-order valence-electron chi connectivity index (χ2n) is 1.08. The normalized spacial score (nSPS) is 13.0. The van der Waals surface area contributed by atoms with Crippen molar-refractivity contribution >= 4 is 22.3 Å². The summed E-state index contributed by atoms with van der Waals surface area (Å²) in [6.07, 6.45) is -1.03. The molecule has 0 aliphatic carbocycles. The van der Waals surface area contributed by atoms with E-state index in [0.717, 1.165) is 0 Å². The number of carbonyl (C=O) groups is 1. The second kappa shape index (κ2) is 3.02. The first-order valence-electron chi connectivity index (χ1n) is 1.70. The van der Waals surface area contributed by atoms with Crippen molar-refractivity contribution in [3.63, 3.8) is 0 Å². The average molecular weight is 168 g/mol. The van der Waals surface area contributed by atoms with Crippen LogP contribution in [0.4, 0.5) is 0 Å². The van der Waals surface area contributed by atoms with Gasteiger partial charge in [-0.3, -0.25) is 0 Å². The van der Waals surface area contributed by atoms with Gasteiger partial charge in [0.15, 0.2) is 0 Å². The van der Waals surface area contributed by atoms with Gasteiger partial charge in [0.1, 0.15) is 0 Å². The van der Waals surface area contributed by atoms with Gasteiger partial charge >= 0.3 is 49.1 Å².